The van der Waals surface area contributed by atoms with Crippen LogP contribution in [0.2, 0.25) is 0 Å². The van der Waals surface area contributed by atoms with Crippen molar-refractivity contribution in [2.24, 2.45) is 0 Å². The minimum absolute atomic E-state index is 0.0295. The minimum atomic E-state index is 0.0295. The summed E-state index contributed by atoms with van der Waals surface area (Å²) in [6, 6.07) is 12.5. The molecule has 4 heteroatoms. The van der Waals surface area contributed by atoms with Crippen LogP contribution in [0.15, 0.2) is 36.4 Å². The first-order valence-electron chi connectivity index (χ1n) is 9.41. The maximum absolute atomic E-state index is 12.2. The zero-order valence-corrected chi connectivity index (χ0v) is 16.6. The summed E-state index contributed by atoms with van der Waals surface area (Å²) in [5.41, 5.74) is 6.70. The molecule has 0 radical (unpaired) electrons. The Morgan fingerprint density at radius 2 is 1.58 bits per heavy atom. The van der Waals surface area contributed by atoms with Crippen molar-refractivity contribution in [3.05, 3.63) is 53.1 Å². The quantitative estimate of drug-likeness (QED) is 0.709. The highest BCUT2D eigenvalue weighted by Crippen LogP contribution is 2.22. The van der Waals surface area contributed by atoms with E-state index in [1.807, 2.05) is 19.1 Å². The summed E-state index contributed by atoms with van der Waals surface area (Å²) in [7, 11) is 0. The molecule has 0 saturated carbocycles. The summed E-state index contributed by atoms with van der Waals surface area (Å²) in [6.07, 6.45) is 0.435. The Hall–Kier alpha value is -2.49. The lowest BCUT2D eigenvalue weighted by Gasteiger charge is -2.22. The number of nitrogens with one attached hydrogen (secondary N) is 2. The lowest BCUT2D eigenvalue weighted by atomic mass is 10.1. The molecule has 0 fully saturated rings. The summed E-state index contributed by atoms with van der Waals surface area (Å²) in [6.45, 7) is 13.1. The van der Waals surface area contributed by atoms with Gasteiger partial charge in [0.1, 0.15) is 0 Å². The van der Waals surface area contributed by atoms with Crippen LogP contribution in [-0.2, 0) is 4.79 Å². The highest BCUT2D eigenvalue weighted by atomic mass is 16.1. The fraction of sp³-hybridized carbons (Fsp3) is 0.409. The largest absolute Gasteiger partial charge is 0.384 e. The summed E-state index contributed by atoms with van der Waals surface area (Å²) < 4.78 is 0. The van der Waals surface area contributed by atoms with E-state index in [0.717, 1.165) is 30.0 Å². The molecular weight excluding hydrogens is 322 g/mol. The van der Waals surface area contributed by atoms with E-state index in [4.69, 9.17) is 0 Å². The van der Waals surface area contributed by atoms with Gasteiger partial charge in [0.05, 0.1) is 0 Å². The number of aryl methyl sites for hydroxylation is 3. The van der Waals surface area contributed by atoms with E-state index in [2.05, 4.69) is 67.5 Å². The molecule has 0 unspecified atom stereocenters. The Balaban J connectivity index is 1.88. The standard InChI is InChI=1S/C22H31N3O/c1-6-25(7-2)19-9-11-20(18(5)15-19)23-13-12-22(26)24-21-10-8-16(3)14-17(21)4/h8-11,14-15,23H,6-7,12-13H2,1-5H3,(H,24,26). The Bertz CT molecular complexity index is 751. The van der Waals surface area contributed by atoms with Crippen molar-refractivity contribution in [3.63, 3.8) is 0 Å². The van der Waals surface area contributed by atoms with Gasteiger partial charge in [-0.2, -0.15) is 0 Å². The Morgan fingerprint density at radius 1 is 0.923 bits per heavy atom. The van der Waals surface area contributed by atoms with E-state index in [1.54, 1.807) is 0 Å². The molecule has 0 aromatic heterocycles. The Labute approximate surface area is 157 Å². The lowest BCUT2D eigenvalue weighted by Crippen LogP contribution is -2.22. The average molecular weight is 354 g/mol. The van der Waals surface area contributed by atoms with E-state index in [0.29, 0.717) is 13.0 Å². The molecule has 26 heavy (non-hydrogen) atoms. The van der Waals surface area contributed by atoms with E-state index < -0.39 is 0 Å². The van der Waals surface area contributed by atoms with Gasteiger partial charge in [-0.15, -0.1) is 0 Å². The predicted molar refractivity (Wildman–Crippen MR) is 112 cm³/mol. The molecule has 0 aliphatic heterocycles. The van der Waals surface area contributed by atoms with Gasteiger partial charge in [-0.25, -0.2) is 0 Å². The molecule has 2 aromatic rings. The van der Waals surface area contributed by atoms with Gasteiger partial charge >= 0.3 is 0 Å². The van der Waals surface area contributed by atoms with Crippen molar-refractivity contribution < 1.29 is 4.79 Å². The number of carbonyl (C=O) groups is 1. The van der Waals surface area contributed by atoms with Gasteiger partial charge in [-0.1, -0.05) is 17.7 Å². The van der Waals surface area contributed by atoms with E-state index >= 15 is 0 Å². The van der Waals surface area contributed by atoms with Crippen molar-refractivity contribution >= 4 is 23.0 Å². The second kappa shape index (κ2) is 9.27. The van der Waals surface area contributed by atoms with E-state index in [-0.39, 0.29) is 5.91 Å². The highest BCUT2D eigenvalue weighted by molar-refractivity contribution is 5.91. The molecule has 1 amide bonds. The van der Waals surface area contributed by atoms with Crippen molar-refractivity contribution in [3.8, 4) is 0 Å². The second-order valence-electron chi connectivity index (χ2n) is 6.71. The van der Waals surface area contributed by atoms with Gasteiger partial charge in [0.25, 0.3) is 0 Å². The number of amides is 1. The van der Waals surface area contributed by atoms with Crippen LogP contribution in [0, 0.1) is 20.8 Å². The summed E-state index contributed by atoms with van der Waals surface area (Å²) in [5, 5.41) is 6.37. The second-order valence-corrected chi connectivity index (χ2v) is 6.71. The number of rotatable bonds is 8. The van der Waals surface area contributed by atoms with Crippen molar-refractivity contribution in [2.75, 3.05) is 35.2 Å². The van der Waals surface area contributed by atoms with Crippen LogP contribution < -0.4 is 15.5 Å². The van der Waals surface area contributed by atoms with Gasteiger partial charge in [-0.05, 0) is 70.0 Å². The fourth-order valence-corrected chi connectivity index (χ4v) is 3.11. The zero-order valence-electron chi connectivity index (χ0n) is 16.6. The van der Waals surface area contributed by atoms with Gasteiger partial charge in [-0.3, -0.25) is 4.79 Å². The third-order valence-corrected chi connectivity index (χ3v) is 4.66. The molecule has 0 saturated heterocycles. The highest BCUT2D eigenvalue weighted by Gasteiger charge is 2.07. The molecule has 0 aliphatic rings. The van der Waals surface area contributed by atoms with Crippen LogP contribution in [0.1, 0.15) is 37.0 Å². The van der Waals surface area contributed by atoms with Gasteiger partial charge in [0.15, 0.2) is 0 Å². The number of nitrogens with zero attached hydrogens (tertiary/aromatic N) is 1. The molecule has 140 valence electrons. The number of hydrogen-bond acceptors (Lipinski definition) is 3. The van der Waals surface area contributed by atoms with Gasteiger partial charge in [0.2, 0.25) is 5.91 Å². The third-order valence-electron chi connectivity index (χ3n) is 4.66. The summed E-state index contributed by atoms with van der Waals surface area (Å²) in [4.78, 5) is 14.5. The molecule has 0 bridgehead atoms. The van der Waals surface area contributed by atoms with Gasteiger partial charge < -0.3 is 15.5 Å². The molecule has 2 aromatic carbocycles. The van der Waals surface area contributed by atoms with Crippen LogP contribution in [0.25, 0.3) is 0 Å². The van der Waals surface area contributed by atoms with E-state index in [1.165, 1.54) is 16.8 Å². The van der Waals surface area contributed by atoms with Crippen LogP contribution in [-0.4, -0.2) is 25.5 Å². The van der Waals surface area contributed by atoms with Crippen LogP contribution in [0.5, 0.6) is 0 Å². The smallest absolute Gasteiger partial charge is 0.226 e. The number of carbonyl (C=O) groups excluding carboxylic acids is 1. The minimum Gasteiger partial charge on any atom is -0.384 e. The van der Waals surface area contributed by atoms with Crippen molar-refractivity contribution in [1.29, 1.82) is 0 Å². The Morgan fingerprint density at radius 3 is 2.19 bits per heavy atom. The predicted octanol–water partition coefficient (Wildman–Crippen LogP) is 4.90. The topological polar surface area (TPSA) is 44.4 Å². The lowest BCUT2D eigenvalue weighted by molar-refractivity contribution is -0.115. The monoisotopic (exact) mass is 353 g/mol. The summed E-state index contributed by atoms with van der Waals surface area (Å²) in [5.74, 6) is 0.0295. The molecular formula is C22H31N3O. The fourth-order valence-electron chi connectivity index (χ4n) is 3.11. The molecule has 0 atom stereocenters. The van der Waals surface area contributed by atoms with Crippen molar-refractivity contribution in [2.45, 2.75) is 41.0 Å². The van der Waals surface area contributed by atoms with Crippen LogP contribution in [0.4, 0.5) is 17.1 Å². The molecule has 2 N–H and O–H groups in total. The Kier molecular flexibility index (Phi) is 7.07. The molecule has 0 spiro atoms. The first-order chi connectivity index (χ1) is 12.4. The number of anilines is 3. The normalized spacial score (nSPS) is 10.5. The first kappa shape index (κ1) is 19.8. The molecule has 0 heterocycles. The zero-order chi connectivity index (χ0) is 19.1. The third kappa shape index (κ3) is 5.25. The van der Waals surface area contributed by atoms with E-state index in [9.17, 15) is 4.79 Å². The maximum atomic E-state index is 12.2. The average Bonchev–Trinajstić information content (AvgIpc) is 2.60. The summed E-state index contributed by atoms with van der Waals surface area (Å²) >= 11 is 0. The van der Waals surface area contributed by atoms with Crippen molar-refractivity contribution in [1.82, 2.24) is 0 Å². The van der Waals surface area contributed by atoms with Crippen LogP contribution >= 0.6 is 0 Å². The first-order valence-corrected chi connectivity index (χ1v) is 9.41. The molecule has 4 nitrogen and oxygen atoms in total. The van der Waals surface area contributed by atoms with Crippen LogP contribution in [0.3, 0.4) is 0 Å². The maximum Gasteiger partial charge on any atom is 0.226 e. The molecule has 0 aliphatic carbocycles. The molecule has 2 rings (SSSR count). The number of hydrogen-bond donors (Lipinski definition) is 2. The number of benzene rings is 2. The van der Waals surface area contributed by atoms with Gasteiger partial charge in [0, 0.05) is 43.1 Å². The SMILES string of the molecule is CCN(CC)c1ccc(NCCC(=O)Nc2ccc(C)cc2C)c(C)c1.